The SMILES string of the molecule is CCN(CC)c1ccc(NC(=O)CNC(=O)c2c(OC)cccc2OC)c(C)c1. The number of carbonyl (C=O) groups excluding carboxylic acids is 2. The van der Waals surface area contributed by atoms with Gasteiger partial charge in [0.2, 0.25) is 5.91 Å². The number of nitrogens with zero attached hydrogens (tertiary/aromatic N) is 1. The molecule has 7 nitrogen and oxygen atoms in total. The Hall–Kier alpha value is -3.22. The van der Waals surface area contributed by atoms with Gasteiger partial charge in [0, 0.05) is 24.5 Å². The topological polar surface area (TPSA) is 79.9 Å². The first-order chi connectivity index (χ1) is 13.9. The molecule has 0 spiro atoms. The number of benzene rings is 2. The first-order valence-corrected chi connectivity index (χ1v) is 9.59. The maximum absolute atomic E-state index is 12.6. The van der Waals surface area contributed by atoms with E-state index >= 15 is 0 Å². The minimum atomic E-state index is -0.442. The third kappa shape index (κ3) is 5.40. The zero-order chi connectivity index (χ0) is 21.4. The van der Waals surface area contributed by atoms with Crippen LogP contribution in [0.1, 0.15) is 29.8 Å². The lowest BCUT2D eigenvalue weighted by molar-refractivity contribution is -0.115. The van der Waals surface area contributed by atoms with Crippen LogP contribution in [0.5, 0.6) is 11.5 Å². The summed E-state index contributed by atoms with van der Waals surface area (Å²) in [6, 6.07) is 11.0. The van der Waals surface area contributed by atoms with Crippen LogP contribution in [0, 0.1) is 6.92 Å². The molecule has 2 aromatic rings. The number of nitrogens with one attached hydrogen (secondary N) is 2. The monoisotopic (exact) mass is 399 g/mol. The van der Waals surface area contributed by atoms with Crippen LogP contribution in [0.25, 0.3) is 0 Å². The van der Waals surface area contributed by atoms with E-state index in [0.29, 0.717) is 11.5 Å². The average molecular weight is 399 g/mol. The minimum absolute atomic E-state index is 0.169. The predicted octanol–water partition coefficient (Wildman–Crippen LogP) is 3.23. The van der Waals surface area contributed by atoms with Gasteiger partial charge >= 0.3 is 0 Å². The van der Waals surface area contributed by atoms with Crippen molar-refractivity contribution in [2.45, 2.75) is 20.8 Å². The van der Waals surface area contributed by atoms with Crippen molar-refractivity contribution < 1.29 is 19.1 Å². The van der Waals surface area contributed by atoms with Gasteiger partial charge in [0.15, 0.2) is 0 Å². The molecule has 29 heavy (non-hydrogen) atoms. The maximum atomic E-state index is 12.6. The van der Waals surface area contributed by atoms with Crippen LogP contribution >= 0.6 is 0 Å². The van der Waals surface area contributed by atoms with Gasteiger partial charge in [-0.3, -0.25) is 9.59 Å². The van der Waals surface area contributed by atoms with E-state index in [4.69, 9.17) is 9.47 Å². The van der Waals surface area contributed by atoms with Crippen LogP contribution in [0.4, 0.5) is 11.4 Å². The molecule has 7 heteroatoms. The first kappa shape index (κ1) is 22.1. The van der Waals surface area contributed by atoms with Gasteiger partial charge in [0.25, 0.3) is 5.91 Å². The van der Waals surface area contributed by atoms with Gasteiger partial charge in [-0.1, -0.05) is 6.07 Å². The largest absolute Gasteiger partial charge is 0.496 e. The number of aryl methyl sites for hydroxylation is 1. The van der Waals surface area contributed by atoms with E-state index < -0.39 is 5.91 Å². The second-order valence-corrected chi connectivity index (χ2v) is 6.44. The van der Waals surface area contributed by atoms with Crippen LogP contribution in [0.2, 0.25) is 0 Å². The summed E-state index contributed by atoms with van der Waals surface area (Å²) in [5.41, 5.74) is 3.04. The second-order valence-electron chi connectivity index (χ2n) is 6.44. The van der Waals surface area contributed by atoms with Crippen molar-refractivity contribution in [3.8, 4) is 11.5 Å². The fourth-order valence-electron chi connectivity index (χ4n) is 3.09. The Morgan fingerprint density at radius 1 is 1.00 bits per heavy atom. The molecule has 0 aliphatic rings. The van der Waals surface area contributed by atoms with Crippen LogP contribution in [-0.4, -0.2) is 45.7 Å². The number of amides is 2. The van der Waals surface area contributed by atoms with Crippen LogP contribution in [0.15, 0.2) is 36.4 Å². The van der Waals surface area contributed by atoms with Gasteiger partial charge in [-0.15, -0.1) is 0 Å². The molecule has 0 heterocycles. The molecule has 0 atom stereocenters. The third-order valence-electron chi connectivity index (χ3n) is 4.68. The Balaban J connectivity index is 2.03. The first-order valence-electron chi connectivity index (χ1n) is 9.59. The summed E-state index contributed by atoms with van der Waals surface area (Å²) >= 11 is 0. The zero-order valence-corrected chi connectivity index (χ0v) is 17.7. The molecule has 0 saturated heterocycles. The maximum Gasteiger partial charge on any atom is 0.259 e. The summed E-state index contributed by atoms with van der Waals surface area (Å²) in [4.78, 5) is 27.1. The standard InChI is InChI=1S/C22H29N3O4/c1-6-25(7-2)16-11-12-17(15(3)13-16)24-20(26)14-23-22(27)21-18(28-4)9-8-10-19(21)29-5/h8-13H,6-7,14H2,1-5H3,(H,23,27)(H,24,26). The predicted molar refractivity (Wildman–Crippen MR) is 115 cm³/mol. The van der Waals surface area contributed by atoms with Crippen molar-refractivity contribution in [2.75, 3.05) is 44.1 Å². The van der Waals surface area contributed by atoms with E-state index in [2.05, 4.69) is 29.4 Å². The number of methoxy groups -OCH3 is 2. The molecule has 0 bridgehead atoms. The molecule has 0 saturated carbocycles. The van der Waals surface area contributed by atoms with E-state index in [1.807, 2.05) is 25.1 Å². The molecule has 2 N–H and O–H groups in total. The quantitative estimate of drug-likeness (QED) is 0.677. The zero-order valence-electron chi connectivity index (χ0n) is 17.7. The van der Waals surface area contributed by atoms with Gasteiger partial charge in [0.1, 0.15) is 17.1 Å². The molecule has 0 fully saturated rings. The van der Waals surface area contributed by atoms with Crippen molar-refractivity contribution in [1.29, 1.82) is 0 Å². The Labute approximate surface area is 172 Å². The molecule has 156 valence electrons. The van der Waals surface area contributed by atoms with E-state index in [1.165, 1.54) is 14.2 Å². The molecule has 2 rings (SSSR count). The number of hydrogen-bond donors (Lipinski definition) is 2. The van der Waals surface area contributed by atoms with E-state index in [9.17, 15) is 9.59 Å². The Morgan fingerprint density at radius 2 is 1.62 bits per heavy atom. The summed E-state index contributed by atoms with van der Waals surface area (Å²) in [5.74, 6) is 0.00384. The molecule has 0 radical (unpaired) electrons. The van der Waals surface area contributed by atoms with E-state index in [-0.39, 0.29) is 18.0 Å². The Bertz CT molecular complexity index is 841. The van der Waals surface area contributed by atoms with Gasteiger partial charge in [-0.25, -0.2) is 0 Å². The highest BCUT2D eigenvalue weighted by atomic mass is 16.5. The molecule has 0 unspecified atom stereocenters. The molecule has 0 aliphatic carbocycles. The Kier molecular flexibility index (Phi) is 7.88. The van der Waals surface area contributed by atoms with Crippen LogP contribution in [0.3, 0.4) is 0 Å². The molecular formula is C22H29N3O4. The number of hydrogen-bond acceptors (Lipinski definition) is 5. The van der Waals surface area contributed by atoms with E-state index in [0.717, 1.165) is 30.0 Å². The average Bonchev–Trinajstić information content (AvgIpc) is 2.74. The number of ether oxygens (including phenoxy) is 2. The summed E-state index contributed by atoms with van der Waals surface area (Å²) in [6.07, 6.45) is 0. The van der Waals surface area contributed by atoms with Crippen molar-refractivity contribution in [1.82, 2.24) is 5.32 Å². The van der Waals surface area contributed by atoms with Crippen molar-refractivity contribution in [3.63, 3.8) is 0 Å². The van der Waals surface area contributed by atoms with Crippen molar-refractivity contribution >= 4 is 23.2 Å². The van der Waals surface area contributed by atoms with Crippen molar-refractivity contribution in [2.24, 2.45) is 0 Å². The van der Waals surface area contributed by atoms with Gasteiger partial charge in [-0.05, 0) is 56.7 Å². The third-order valence-corrected chi connectivity index (χ3v) is 4.68. The number of carbonyl (C=O) groups is 2. The normalized spacial score (nSPS) is 10.2. The number of rotatable bonds is 9. The smallest absolute Gasteiger partial charge is 0.259 e. The second kappa shape index (κ2) is 10.4. The van der Waals surface area contributed by atoms with Gasteiger partial charge in [0.05, 0.1) is 20.8 Å². The lowest BCUT2D eigenvalue weighted by Gasteiger charge is -2.22. The summed E-state index contributed by atoms with van der Waals surface area (Å²) < 4.78 is 10.5. The summed E-state index contributed by atoms with van der Waals surface area (Å²) in [5, 5.41) is 5.46. The fraction of sp³-hybridized carbons (Fsp3) is 0.364. The van der Waals surface area contributed by atoms with Gasteiger partial charge < -0.3 is 25.0 Å². The van der Waals surface area contributed by atoms with Crippen LogP contribution < -0.4 is 25.0 Å². The molecular weight excluding hydrogens is 370 g/mol. The van der Waals surface area contributed by atoms with Gasteiger partial charge in [-0.2, -0.15) is 0 Å². The Morgan fingerprint density at radius 3 is 2.14 bits per heavy atom. The minimum Gasteiger partial charge on any atom is -0.496 e. The highest BCUT2D eigenvalue weighted by molar-refractivity contribution is 6.02. The highest BCUT2D eigenvalue weighted by Crippen LogP contribution is 2.28. The fourth-order valence-corrected chi connectivity index (χ4v) is 3.09. The lowest BCUT2D eigenvalue weighted by Crippen LogP contribution is -2.33. The van der Waals surface area contributed by atoms with Crippen molar-refractivity contribution in [3.05, 3.63) is 47.5 Å². The molecule has 2 amide bonds. The highest BCUT2D eigenvalue weighted by Gasteiger charge is 2.19. The summed E-state index contributed by atoms with van der Waals surface area (Å²) in [6.45, 7) is 7.82. The molecule has 0 aromatic heterocycles. The molecule has 0 aliphatic heterocycles. The van der Waals surface area contributed by atoms with E-state index in [1.54, 1.807) is 18.2 Å². The van der Waals surface area contributed by atoms with Crippen LogP contribution in [-0.2, 0) is 4.79 Å². The lowest BCUT2D eigenvalue weighted by atomic mass is 10.1. The molecule has 2 aromatic carbocycles. The summed E-state index contributed by atoms with van der Waals surface area (Å²) in [7, 11) is 2.95. The number of anilines is 2.